The summed E-state index contributed by atoms with van der Waals surface area (Å²) >= 11 is 5.48. The fourth-order valence-corrected chi connectivity index (χ4v) is 1.86. The Morgan fingerprint density at radius 2 is 2.05 bits per heavy atom. The van der Waals surface area contributed by atoms with E-state index in [1.807, 2.05) is 0 Å². The van der Waals surface area contributed by atoms with Crippen LogP contribution in [0.3, 0.4) is 0 Å². The van der Waals surface area contributed by atoms with E-state index in [1.54, 1.807) is 19.1 Å². The van der Waals surface area contributed by atoms with Crippen LogP contribution in [0.4, 0.5) is 0 Å². The van der Waals surface area contributed by atoms with Crippen LogP contribution >= 0.6 is 11.6 Å². The lowest BCUT2D eigenvalue weighted by atomic mass is 9.97. The smallest absolute Gasteiger partial charge is 0.338 e. The van der Waals surface area contributed by atoms with E-state index in [0.717, 1.165) is 6.08 Å². The first kappa shape index (κ1) is 16.9. The third kappa shape index (κ3) is 5.04. The van der Waals surface area contributed by atoms with Gasteiger partial charge in [-0.3, -0.25) is 4.79 Å². The van der Waals surface area contributed by atoms with Crippen LogP contribution in [0.1, 0.15) is 28.4 Å². The maximum atomic E-state index is 11.9. The third-order valence-electron chi connectivity index (χ3n) is 2.62. The van der Waals surface area contributed by atoms with E-state index in [-0.39, 0.29) is 30.3 Å². The Morgan fingerprint density at radius 1 is 1.33 bits per heavy atom. The molecule has 1 aromatic carbocycles. The van der Waals surface area contributed by atoms with E-state index >= 15 is 0 Å². The fraction of sp³-hybridized carbons (Fsp3) is 0.267. The molecule has 0 radical (unpaired) electrons. The predicted octanol–water partition coefficient (Wildman–Crippen LogP) is 2.31. The quantitative estimate of drug-likeness (QED) is 0.475. The number of esters is 1. The Morgan fingerprint density at radius 3 is 2.62 bits per heavy atom. The largest absolute Gasteiger partial charge is 0.478 e. The number of hydrogen-bond acceptors (Lipinski definition) is 4. The summed E-state index contributed by atoms with van der Waals surface area (Å²) in [6.45, 7) is 1.87. The number of Topliss-reactive ketones (excluding diaryl/α,β-unsaturated/α-hetero) is 1. The minimum atomic E-state index is -1.15. The molecule has 0 aliphatic carbocycles. The molecule has 0 amide bonds. The molecule has 112 valence electrons. The lowest BCUT2D eigenvalue weighted by Gasteiger charge is -2.10. The number of ether oxygens (including phenoxy) is 1. The van der Waals surface area contributed by atoms with Gasteiger partial charge in [-0.25, -0.2) is 9.59 Å². The first-order valence-electron chi connectivity index (χ1n) is 6.27. The van der Waals surface area contributed by atoms with Crippen LogP contribution in [-0.4, -0.2) is 35.3 Å². The van der Waals surface area contributed by atoms with Gasteiger partial charge in [0, 0.05) is 12.5 Å². The van der Waals surface area contributed by atoms with Crippen molar-refractivity contribution < 1.29 is 24.2 Å². The zero-order valence-electron chi connectivity index (χ0n) is 11.5. The molecule has 6 heteroatoms. The van der Waals surface area contributed by atoms with Crippen LogP contribution in [0.5, 0.6) is 0 Å². The van der Waals surface area contributed by atoms with E-state index < -0.39 is 11.9 Å². The number of ketones is 1. The number of aliphatic carboxylic acids is 1. The van der Waals surface area contributed by atoms with Crippen LogP contribution in [0.15, 0.2) is 24.3 Å². The molecular formula is C15H15ClO5. The van der Waals surface area contributed by atoms with Crippen LogP contribution < -0.4 is 0 Å². The van der Waals surface area contributed by atoms with Gasteiger partial charge in [0.25, 0.3) is 0 Å². The van der Waals surface area contributed by atoms with Crippen molar-refractivity contribution in [3.63, 3.8) is 0 Å². The SMILES string of the molecule is CCOC(=O)c1cccc(CC(=O)CCl)c1/C=C/C(=O)O. The van der Waals surface area contributed by atoms with Crippen LogP contribution in [0, 0.1) is 0 Å². The molecule has 1 rings (SSSR count). The van der Waals surface area contributed by atoms with Crippen LogP contribution in [0.25, 0.3) is 6.08 Å². The van der Waals surface area contributed by atoms with E-state index in [2.05, 4.69) is 0 Å². The van der Waals surface area contributed by atoms with Gasteiger partial charge in [-0.2, -0.15) is 0 Å². The molecule has 0 fully saturated rings. The Kier molecular flexibility index (Phi) is 6.62. The predicted molar refractivity (Wildman–Crippen MR) is 78.5 cm³/mol. The summed E-state index contributed by atoms with van der Waals surface area (Å²) in [4.78, 5) is 34.1. The van der Waals surface area contributed by atoms with Gasteiger partial charge < -0.3 is 9.84 Å². The summed E-state index contributed by atoms with van der Waals surface area (Å²) in [5.41, 5.74) is 1.11. The van der Waals surface area contributed by atoms with Gasteiger partial charge in [0.05, 0.1) is 18.1 Å². The number of alkyl halides is 1. The average molecular weight is 311 g/mol. The minimum absolute atomic E-state index is 0.0238. The van der Waals surface area contributed by atoms with Gasteiger partial charge in [-0.15, -0.1) is 11.6 Å². The molecular weight excluding hydrogens is 296 g/mol. The highest BCUT2D eigenvalue weighted by Gasteiger charge is 2.15. The molecule has 0 heterocycles. The van der Waals surface area contributed by atoms with Gasteiger partial charge in [0.15, 0.2) is 5.78 Å². The number of carboxylic acids is 1. The highest BCUT2D eigenvalue weighted by atomic mass is 35.5. The average Bonchev–Trinajstić information content (AvgIpc) is 2.45. The third-order valence-corrected chi connectivity index (χ3v) is 2.92. The Hall–Kier alpha value is -2.14. The molecule has 5 nitrogen and oxygen atoms in total. The molecule has 0 saturated heterocycles. The van der Waals surface area contributed by atoms with Crippen LogP contribution in [0.2, 0.25) is 0 Å². The van der Waals surface area contributed by atoms with Crippen molar-refractivity contribution in [2.45, 2.75) is 13.3 Å². The summed E-state index contributed by atoms with van der Waals surface area (Å²) in [5, 5.41) is 8.74. The normalized spacial score (nSPS) is 10.6. The summed E-state index contributed by atoms with van der Waals surface area (Å²) in [7, 11) is 0. The van der Waals surface area contributed by atoms with E-state index in [4.69, 9.17) is 21.4 Å². The molecule has 0 aliphatic rings. The Bertz CT molecular complexity index is 577. The van der Waals surface area contributed by atoms with Gasteiger partial charge >= 0.3 is 11.9 Å². The molecule has 0 saturated carbocycles. The van der Waals surface area contributed by atoms with Gasteiger partial charge in [-0.1, -0.05) is 12.1 Å². The van der Waals surface area contributed by atoms with Crippen LogP contribution in [-0.2, 0) is 20.7 Å². The number of carbonyl (C=O) groups is 3. The van der Waals surface area contributed by atoms with E-state index in [1.165, 1.54) is 12.1 Å². The number of halogens is 1. The lowest BCUT2D eigenvalue weighted by molar-refractivity contribution is -0.131. The van der Waals surface area contributed by atoms with Crippen molar-refractivity contribution in [2.24, 2.45) is 0 Å². The zero-order chi connectivity index (χ0) is 15.8. The number of carbonyl (C=O) groups excluding carboxylic acids is 2. The summed E-state index contributed by atoms with van der Waals surface area (Å²) in [5.74, 6) is -2.08. The van der Waals surface area contributed by atoms with Crippen molar-refractivity contribution in [1.82, 2.24) is 0 Å². The second-order valence-electron chi connectivity index (χ2n) is 4.12. The highest BCUT2D eigenvalue weighted by molar-refractivity contribution is 6.27. The summed E-state index contributed by atoms with van der Waals surface area (Å²) in [6.07, 6.45) is 2.22. The monoisotopic (exact) mass is 310 g/mol. The zero-order valence-corrected chi connectivity index (χ0v) is 12.2. The fourth-order valence-electron chi connectivity index (χ4n) is 1.77. The molecule has 0 aromatic heterocycles. The topological polar surface area (TPSA) is 80.7 Å². The molecule has 0 unspecified atom stereocenters. The molecule has 21 heavy (non-hydrogen) atoms. The van der Waals surface area contributed by atoms with Crippen molar-refractivity contribution in [1.29, 1.82) is 0 Å². The first-order valence-corrected chi connectivity index (χ1v) is 6.80. The molecule has 0 bridgehead atoms. The van der Waals surface area contributed by atoms with Gasteiger partial charge in [0.1, 0.15) is 0 Å². The first-order chi connectivity index (χ1) is 9.99. The number of hydrogen-bond donors (Lipinski definition) is 1. The number of rotatable bonds is 7. The van der Waals surface area contributed by atoms with Crippen molar-refractivity contribution in [2.75, 3.05) is 12.5 Å². The van der Waals surface area contributed by atoms with E-state index in [9.17, 15) is 14.4 Å². The maximum Gasteiger partial charge on any atom is 0.338 e. The van der Waals surface area contributed by atoms with Crippen molar-refractivity contribution in [3.05, 3.63) is 41.0 Å². The standard InChI is InChI=1S/C15H15ClO5/c1-2-21-15(20)13-5-3-4-10(8-11(17)9-16)12(13)6-7-14(18)19/h3-7H,2,8-9H2,1H3,(H,18,19)/b7-6+. The molecule has 1 N–H and O–H groups in total. The summed E-state index contributed by atoms with van der Waals surface area (Å²) in [6, 6.07) is 4.78. The Balaban J connectivity index is 3.29. The van der Waals surface area contributed by atoms with E-state index in [0.29, 0.717) is 11.1 Å². The second-order valence-corrected chi connectivity index (χ2v) is 4.39. The highest BCUT2D eigenvalue weighted by Crippen LogP contribution is 2.19. The maximum absolute atomic E-state index is 11.9. The summed E-state index contributed by atoms with van der Waals surface area (Å²) < 4.78 is 4.93. The van der Waals surface area contributed by atoms with Gasteiger partial charge in [-0.05, 0) is 30.2 Å². The number of benzene rings is 1. The lowest BCUT2D eigenvalue weighted by Crippen LogP contribution is -2.11. The minimum Gasteiger partial charge on any atom is -0.478 e. The van der Waals surface area contributed by atoms with Crippen molar-refractivity contribution >= 4 is 35.4 Å². The Labute approximate surface area is 127 Å². The molecule has 1 aromatic rings. The second kappa shape index (κ2) is 8.21. The molecule has 0 spiro atoms. The molecule has 0 atom stereocenters. The van der Waals surface area contributed by atoms with Gasteiger partial charge in [0.2, 0.25) is 0 Å². The van der Waals surface area contributed by atoms with Crippen molar-refractivity contribution in [3.8, 4) is 0 Å². The number of carboxylic acid groups (broad SMARTS) is 1. The molecule has 0 aliphatic heterocycles.